The maximum Gasteiger partial charge on any atom is 0.274 e. The molecule has 0 radical (unpaired) electrons. The predicted molar refractivity (Wildman–Crippen MR) is 125 cm³/mol. The highest BCUT2D eigenvalue weighted by Gasteiger charge is 2.30. The molecule has 4 rings (SSSR count). The largest absolute Gasteiger partial charge is 0.375 e. The third kappa shape index (κ3) is 4.90. The molecule has 0 saturated heterocycles. The second-order valence-electron chi connectivity index (χ2n) is 8.21. The van der Waals surface area contributed by atoms with Gasteiger partial charge in [0.1, 0.15) is 5.69 Å². The summed E-state index contributed by atoms with van der Waals surface area (Å²) in [6.07, 6.45) is 4.30. The van der Waals surface area contributed by atoms with E-state index in [2.05, 4.69) is 55.2 Å². The van der Waals surface area contributed by atoms with Crippen LogP contribution in [0.4, 0.5) is 5.13 Å². The standard InChI is InChI=1S/C25H29N3OS/c1-3-18-7-9-19(10-8-18)13-14-28(16-20-11-12-20)24(29)22-23(30-25(26)27-22)21-6-4-5-17(2)15-21/h4-10,15,20H,3,11-14,16H2,1-2H3,(H2,26,27). The number of nitrogen functional groups attached to an aromatic ring is 1. The number of aromatic nitrogens is 1. The fourth-order valence-corrected chi connectivity index (χ4v) is 4.53. The highest BCUT2D eigenvalue weighted by atomic mass is 32.1. The summed E-state index contributed by atoms with van der Waals surface area (Å²) in [6, 6.07) is 16.9. The number of thiazole rings is 1. The van der Waals surface area contributed by atoms with Crippen LogP contribution >= 0.6 is 11.3 Å². The first-order chi connectivity index (χ1) is 14.5. The Labute approximate surface area is 182 Å². The van der Waals surface area contributed by atoms with Crippen molar-refractivity contribution in [2.75, 3.05) is 18.8 Å². The zero-order valence-electron chi connectivity index (χ0n) is 17.7. The summed E-state index contributed by atoms with van der Waals surface area (Å²) >= 11 is 1.39. The Balaban J connectivity index is 1.56. The predicted octanol–water partition coefficient (Wildman–Crippen LogP) is 5.36. The molecule has 0 aliphatic heterocycles. The number of rotatable bonds is 8. The topological polar surface area (TPSA) is 59.2 Å². The summed E-state index contributed by atoms with van der Waals surface area (Å²) in [5, 5.41) is 0.441. The van der Waals surface area contributed by atoms with Gasteiger partial charge in [-0.3, -0.25) is 4.79 Å². The third-order valence-electron chi connectivity index (χ3n) is 5.69. The molecule has 2 aromatic carbocycles. The van der Waals surface area contributed by atoms with Crippen molar-refractivity contribution in [3.8, 4) is 10.4 Å². The lowest BCUT2D eigenvalue weighted by Crippen LogP contribution is -2.35. The van der Waals surface area contributed by atoms with Crippen molar-refractivity contribution >= 4 is 22.4 Å². The summed E-state index contributed by atoms with van der Waals surface area (Å²) in [5.41, 5.74) is 11.3. The SMILES string of the molecule is CCc1ccc(CCN(CC2CC2)C(=O)c2nc(N)sc2-c2cccc(C)c2)cc1. The van der Waals surface area contributed by atoms with Gasteiger partial charge in [-0.25, -0.2) is 4.98 Å². The second-order valence-corrected chi connectivity index (χ2v) is 9.24. The van der Waals surface area contributed by atoms with Crippen LogP contribution < -0.4 is 5.73 Å². The van der Waals surface area contributed by atoms with Gasteiger partial charge < -0.3 is 10.6 Å². The van der Waals surface area contributed by atoms with Gasteiger partial charge in [0.25, 0.3) is 5.91 Å². The van der Waals surface area contributed by atoms with Gasteiger partial charge in [-0.15, -0.1) is 0 Å². The fraction of sp³-hybridized carbons (Fsp3) is 0.360. The lowest BCUT2D eigenvalue weighted by Gasteiger charge is -2.22. The molecule has 1 saturated carbocycles. The highest BCUT2D eigenvalue weighted by molar-refractivity contribution is 7.19. The molecule has 5 heteroatoms. The average Bonchev–Trinajstić information content (AvgIpc) is 3.49. The molecule has 0 unspecified atom stereocenters. The molecular weight excluding hydrogens is 390 g/mol. The molecule has 1 aromatic heterocycles. The van der Waals surface area contributed by atoms with Crippen LogP contribution in [0.5, 0.6) is 0 Å². The van der Waals surface area contributed by atoms with E-state index in [-0.39, 0.29) is 5.91 Å². The first-order valence-corrected chi connectivity index (χ1v) is 11.6. The monoisotopic (exact) mass is 419 g/mol. The molecule has 1 heterocycles. The Hall–Kier alpha value is -2.66. The molecule has 1 aliphatic carbocycles. The number of carbonyl (C=O) groups excluding carboxylic acids is 1. The first kappa shape index (κ1) is 20.6. The van der Waals surface area contributed by atoms with E-state index in [1.165, 1.54) is 35.3 Å². The Bertz CT molecular complexity index is 1020. The third-order valence-corrected chi connectivity index (χ3v) is 6.62. The molecule has 0 bridgehead atoms. The van der Waals surface area contributed by atoms with E-state index in [9.17, 15) is 4.79 Å². The van der Waals surface area contributed by atoms with Gasteiger partial charge in [-0.2, -0.15) is 0 Å². The first-order valence-electron chi connectivity index (χ1n) is 10.7. The van der Waals surface area contributed by atoms with Crippen LogP contribution in [-0.4, -0.2) is 28.9 Å². The van der Waals surface area contributed by atoms with Crippen molar-refractivity contribution in [3.05, 3.63) is 70.9 Å². The van der Waals surface area contributed by atoms with Crippen LogP contribution in [0.15, 0.2) is 48.5 Å². The number of anilines is 1. The van der Waals surface area contributed by atoms with Crippen LogP contribution in [-0.2, 0) is 12.8 Å². The zero-order chi connectivity index (χ0) is 21.1. The summed E-state index contributed by atoms with van der Waals surface area (Å²) < 4.78 is 0. The molecule has 156 valence electrons. The van der Waals surface area contributed by atoms with Crippen molar-refractivity contribution in [1.29, 1.82) is 0 Å². The normalized spacial score (nSPS) is 13.4. The lowest BCUT2D eigenvalue weighted by molar-refractivity contribution is 0.0745. The molecule has 1 fully saturated rings. The van der Waals surface area contributed by atoms with Crippen molar-refractivity contribution in [2.45, 2.75) is 39.5 Å². The fourth-order valence-electron chi connectivity index (χ4n) is 3.71. The molecule has 0 spiro atoms. The summed E-state index contributed by atoms with van der Waals surface area (Å²) in [7, 11) is 0. The Kier molecular flexibility index (Phi) is 6.18. The van der Waals surface area contributed by atoms with Gasteiger partial charge in [0.05, 0.1) is 4.88 Å². The smallest absolute Gasteiger partial charge is 0.274 e. The van der Waals surface area contributed by atoms with Gasteiger partial charge in [0.15, 0.2) is 5.13 Å². The van der Waals surface area contributed by atoms with E-state index in [1.54, 1.807) is 0 Å². The molecule has 3 aromatic rings. The average molecular weight is 420 g/mol. The number of hydrogen-bond acceptors (Lipinski definition) is 4. The maximum atomic E-state index is 13.5. The number of benzene rings is 2. The second kappa shape index (κ2) is 9.00. The Morgan fingerprint density at radius 1 is 1.17 bits per heavy atom. The van der Waals surface area contributed by atoms with Gasteiger partial charge in [-0.1, -0.05) is 72.4 Å². The van der Waals surface area contributed by atoms with Crippen LogP contribution in [0.2, 0.25) is 0 Å². The molecule has 2 N–H and O–H groups in total. The minimum atomic E-state index is -0.00321. The minimum Gasteiger partial charge on any atom is -0.375 e. The van der Waals surface area contributed by atoms with Crippen molar-refractivity contribution in [2.24, 2.45) is 5.92 Å². The molecule has 1 amide bonds. The van der Waals surface area contributed by atoms with Crippen molar-refractivity contribution < 1.29 is 4.79 Å². The number of nitrogens with zero attached hydrogens (tertiary/aromatic N) is 2. The zero-order valence-corrected chi connectivity index (χ0v) is 18.5. The van der Waals surface area contributed by atoms with Crippen LogP contribution in [0.1, 0.15) is 46.9 Å². The van der Waals surface area contributed by atoms with E-state index in [0.717, 1.165) is 35.4 Å². The molecule has 1 aliphatic rings. The van der Waals surface area contributed by atoms with E-state index < -0.39 is 0 Å². The highest BCUT2D eigenvalue weighted by Crippen LogP contribution is 2.35. The minimum absolute atomic E-state index is 0.00321. The lowest BCUT2D eigenvalue weighted by atomic mass is 10.1. The summed E-state index contributed by atoms with van der Waals surface area (Å²) in [6.45, 7) is 5.72. The summed E-state index contributed by atoms with van der Waals surface area (Å²) in [5.74, 6) is 0.617. The number of carbonyl (C=O) groups is 1. The van der Waals surface area contributed by atoms with Crippen LogP contribution in [0, 0.1) is 12.8 Å². The van der Waals surface area contributed by atoms with E-state index in [0.29, 0.717) is 23.3 Å². The van der Waals surface area contributed by atoms with E-state index in [4.69, 9.17) is 5.73 Å². The molecular formula is C25H29N3OS. The van der Waals surface area contributed by atoms with E-state index >= 15 is 0 Å². The number of hydrogen-bond donors (Lipinski definition) is 1. The van der Waals surface area contributed by atoms with E-state index in [1.807, 2.05) is 17.0 Å². The number of aryl methyl sites for hydroxylation is 2. The molecule has 30 heavy (non-hydrogen) atoms. The quantitative estimate of drug-likeness (QED) is 0.535. The van der Waals surface area contributed by atoms with Crippen LogP contribution in [0.25, 0.3) is 10.4 Å². The van der Waals surface area contributed by atoms with Crippen molar-refractivity contribution in [1.82, 2.24) is 9.88 Å². The van der Waals surface area contributed by atoms with Gasteiger partial charge in [0.2, 0.25) is 0 Å². The Morgan fingerprint density at radius 2 is 1.90 bits per heavy atom. The molecule has 4 nitrogen and oxygen atoms in total. The Morgan fingerprint density at radius 3 is 2.57 bits per heavy atom. The molecule has 0 atom stereocenters. The number of amides is 1. The van der Waals surface area contributed by atoms with Gasteiger partial charge in [-0.05, 0) is 55.2 Å². The van der Waals surface area contributed by atoms with Crippen molar-refractivity contribution in [3.63, 3.8) is 0 Å². The van der Waals surface area contributed by atoms with Crippen LogP contribution in [0.3, 0.4) is 0 Å². The van der Waals surface area contributed by atoms with Gasteiger partial charge >= 0.3 is 0 Å². The van der Waals surface area contributed by atoms with Gasteiger partial charge in [0, 0.05) is 13.1 Å². The number of nitrogens with two attached hydrogens (primary N) is 1. The summed E-state index contributed by atoms with van der Waals surface area (Å²) in [4.78, 5) is 20.8. The maximum absolute atomic E-state index is 13.5.